The third kappa shape index (κ3) is 2.34. The van der Waals surface area contributed by atoms with Crippen molar-refractivity contribution >= 4 is 7.37 Å². The molecule has 1 saturated heterocycles. The zero-order valence-electron chi connectivity index (χ0n) is 8.16. The predicted molar refractivity (Wildman–Crippen MR) is 51.7 cm³/mol. The Kier molecular flexibility index (Phi) is 3.01. The summed E-state index contributed by atoms with van der Waals surface area (Å²) in [5.41, 5.74) is 0. The molecule has 2 nitrogen and oxygen atoms in total. The van der Waals surface area contributed by atoms with E-state index in [4.69, 9.17) is 0 Å². The molecule has 1 rings (SSSR count). The van der Waals surface area contributed by atoms with Crippen molar-refractivity contribution in [2.45, 2.75) is 27.2 Å². The molecule has 3 unspecified atom stereocenters. The second-order valence-corrected chi connectivity index (χ2v) is 6.93. The molecule has 1 aliphatic heterocycles. The molecule has 0 spiro atoms. The Morgan fingerprint density at radius 1 is 1.50 bits per heavy atom. The second-order valence-electron chi connectivity index (χ2n) is 4.43. The molecule has 0 amide bonds. The van der Waals surface area contributed by atoms with Crippen molar-refractivity contribution in [2.75, 3.05) is 12.3 Å². The first-order valence-electron chi connectivity index (χ1n) is 4.73. The van der Waals surface area contributed by atoms with Crippen LogP contribution in [0, 0.1) is 17.8 Å². The highest BCUT2D eigenvalue weighted by Gasteiger charge is 2.34. The van der Waals surface area contributed by atoms with Gasteiger partial charge in [-0.1, -0.05) is 20.8 Å². The van der Waals surface area contributed by atoms with Gasteiger partial charge in [0.1, 0.15) is 0 Å². The molecule has 1 heterocycles. The lowest BCUT2D eigenvalue weighted by atomic mass is 9.83. The molecule has 0 aromatic rings. The van der Waals surface area contributed by atoms with E-state index >= 15 is 0 Å². The van der Waals surface area contributed by atoms with Gasteiger partial charge in [0.15, 0.2) is 0 Å². The third-order valence-corrected chi connectivity index (χ3v) is 5.08. The van der Waals surface area contributed by atoms with E-state index in [2.05, 4.69) is 20.8 Å². The van der Waals surface area contributed by atoms with Crippen LogP contribution in [0.2, 0.25) is 0 Å². The molecule has 3 heteroatoms. The molecule has 0 aromatic carbocycles. The molecule has 1 fully saturated rings. The minimum absolute atomic E-state index is 0.426. The maximum Gasteiger partial charge on any atom is 0.200 e. The van der Waals surface area contributed by atoms with Gasteiger partial charge in [0, 0.05) is 12.3 Å². The summed E-state index contributed by atoms with van der Waals surface area (Å²) in [6, 6.07) is 0. The largest absolute Gasteiger partial charge is 0.344 e. The lowest BCUT2D eigenvalue weighted by molar-refractivity contribution is 0.260. The first kappa shape index (κ1) is 10.3. The van der Waals surface area contributed by atoms with Crippen molar-refractivity contribution < 1.29 is 9.46 Å². The molecular formula is C9H19O2P. The lowest BCUT2D eigenvalue weighted by Gasteiger charge is -2.34. The molecule has 0 aliphatic carbocycles. The molecule has 0 bridgehead atoms. The molecule has 12 heavy (non-hydrogen) atoms. The molecule has 3 atom stereocenters. The average molecular weight is 190 g/mol. The zero-order valence-corrected chi connectivity index (χ0v) is 9.05. The van der Waals surface area contributed by atoms with Gasteiger partial charge in [0.05, 0.1) is 0 Å². The van der Waals surface area contributed by atoms with Crippen LogP contribution in [-0.2, 0) is 4.57 Å². The highest BCUT2D eigenvalue weighted by molar-refractivity contribution is 7.58. The predicted octanol–water partition coefficient (Wildman–Crippen LogP) is 2.57. The monoisotopic (exact) mass is 190 g/mol. The van der Waals surface area contributed by atoms with Crippen molar-refractivity contribution in [2.24, 2.45) is 17.8 Å². The number of hydrogen-bond donors (Lipinski definition) is 1. The van der Waals surface area contributed by atoms with E-state index < -0.39 is 7.37 Å². The van der Waals surface area contributed by atoms with Gasteiger partial charge in [0.2, 0.25) is 7.37 Å². The van der Waals surface area contributed by atoms with Crippen molar-refractivity contribution in [1.29, 1.82) is 0 Å². The van der Waals surface area contributed by atoms with Gasteiger partial charge in [0.25, 0.3) is 0 Å². The summed E-state index contributed by atoms with van der Waals surface area (Å²) >= 11 is 0. The van der Waals surface area contributed by atoms with Gasteiger partial charge in [-0.05, 0) is 24.2 Å². The molecule has 72 valence electrons. The molecule has 0 aromatic heterocycles. The van der Waals surface area contributed by atoms with E-state index in [0.29, 0.717) is 30.1 Å². The van der Waals surface area contributed by atoms with Gasteiger partial charge in [-0.3, -0.25) is 4.57 Å². The topological polar surface area (TPSA) is 37.3 Å². The Morgan fingerprint density at radius 3 is 2.50 bits per heavy atom. The van der Waals surface area contributed by atoms with Crippen LogP contribution in [0.4, 0.5) is 0 Å². The zero-order chi connectivity index (χ0) is 9.35. The lowest BCUT2D eigenvalue weighted by Crippen LogP contribution is -2.27. The van der Waals surface area contributed by atoms with Crippen molar-refractivity contribution in [1.82, 2.24) is 0 Å². The Hall–Kier alpha value is 0.190. The average Bonchev–Trinajstić information content (AvgIpc) is 1.83. The number of rotatable bonds is 1. The smallest absolute Gasteiger partial charge is 0.200 e. The quantitative estimate of drug-likeness (QED) is 0.645. The standard InChI is InChI=1S/C9H19O2P/c1-7(2)9-4-5-12(10,11)6-8(9)3/h7-9H,4-6H2,1-3H3,(H,10,11). The van der Waals surface area contributed by atoms with Crippen LogP contribution in [-0.4, -0.2) is 17.2 Å². The number of hydrogen-bond acceptors (Lipinski definition) is 1. The fraction of sp³-hybridized carbons (Fsp3) is 1.00. The second kappa shape index (κ2) is 3.51. The van der Waals surface area contributed by atoms with E-state index in [1.165, 1.54) is 0 Å². The van der Waals surface area contributed by atoms with Crippen LogP contribution in [0.3, 0.4) is 0 Å². The van der Waals surface area contributed by atoms with Crippen LogP contribution in [0.1, 0.15) is 27.2 Å². The highest BCUT2D eigenvalue weighted by atomic mass is 31.2. The van der Waals surface area contributed by atoms with E-state index in [9.17, 15) is 9.46 Å². The van der Waals surface area contributed by atoms with Crippen molar-refractivity contribution in [3.63, 3.8) is 0 Å². The van der Waals surface area contributed by atoms with Crippen LogP contribution in [0.15, 0.2) is 0 Å². The molecule has 1 N–H and O–H groups in total. The van der Waals surface area contributed by atoms with Crippen molar-refractivity contribution in [3.8, 4) is 0 Å². The first-order valence-corrected chi connectivity index (χ1v) is 6.76. The SMILES string of the molecule is CC(C)C1CCP(=O)(O)CC1C. The Morgan fingerprint density at radius 2 is 2.08 bits per heavy atom. The summed E-state index contributed by atoms with van der Waals surface area (Å²) in [5.74, 6) is 1.73. The minimum atomic E-state index is -2.72. The maximum absolute atomic E-state index is 11.4. The van der Waals surface area contributed by atoms with E-state index in [-0.39, 0.29) is 0 Å². The van der Waals surface area contributed by atoms with Crippen LogP contribution in [0.25, 0.3) is 0 Å². The van der Waals surface area contributed by atoms with Gasteiger partial charge in [-0.25, -0.2) is 0 Å². The summed E-state index contributed by atoms with van der Waals surface area (Å²) < 4.78 is 11.4. The fourth-order valence-corrected chi connectivity index (χ4v) is 4.36. The summed E-state index contributed by atoms with van der Waals surface area (Å²) in [6.45, 7) is 6.51. The van der Waals surface area contributed by atoms with Crippen molar-refractivity contribution in [3.05, 3.63) is 0 Å². The van der Waals surface area contributed by atoms with E-state index in [1.807, 2.05) is 0 Å². The summed E-state index contributed by atoms with van der Waals surface area (Å²) in [7, 11) is -2.72. The Balaban J connectivity index is 2.60. The Bertz CT molecular complexity index is 201. The molecular weight excluding hydrogens is 171 g/mol. The Labute approximate surface area is 74.8 Å². The highest BCUT2D eigenvalue weighted by Crippen LogP contribution is 2.51. The summed E-state index contributed by atoms with van der Waals surface area (Å²) in [4.78, 5) is 9.40. The first-order chi connectivity index (χ1) is 5.42. The molecule has 1 aliphatic rings. The fourth-order valence-electron chi connectivity index (χ4n) is 2.30. The molecule has 0 saturated carbocycles. The van der Waals surface area contributed by atoms with Crippen LogP contribution < -0.4 is 0 Å². The third-order valence-electron chi connectivity index (χ3n) is 2.97. The van der Waals surface area contributed by atoms with Gasteiger partial charge in [-0.2, -0.15) is 0 Å². The van der Waals surface area contributed by atoms with E-state index in [1.54, 1.807) is 0 Å². The van der Waals surface area contributed by atoms with Gasteiger partial charge < -0.3 is 4.89 Å². The summed E-state index contributed by atoms with van der Waals surface area (Å²) in [5, 5.41) is 0. The van der Waals surface area contributed by atoms with Crippen LogP contribution in [0.5, 0.6) is 0 Å². The van der Waals surface area contributed by atoms with E-state index in [0.717, 1.165) is 6.42 Å². The maximum atomic E-state index is 11.4. The van der Waals surface area contributed by atoms with Gasteiger partial charge >= 0.3 is 0 Å². The molecule has 0 radical (unpaired) electrons. The normalized spacial score (nSPS) is 43.4. The summed E-state index contributed by atoms with van der Waals surface area (Å²) in [6.07, 6.45) is 2.02. The van der Waals surface area contributed by atoms with Gasteiger partial charge in [-0.15, -0.1) is 0 Å². The van der Waals surface area contributed by atoms with Crippen LogP contribution >= 0.6 is 7.37 Å². The minimum Gasteiger partial charge on any atom is -0.344 e.